The first-order chi connectivity index (χ1) is 8.05. The van der Waals surface area contributed by atoms with Gasteiger partial charge in [-0.25, -0.2) is 4.98 Å². The van der Waals surface area contributed by atoms with Gasteiger partial charge in [0.25, 0.3) is 0 Å². The van der Waals surface area contributed by atoms with E-state index in [-0.39, 0.29) is 11.7 Å². The Bertz CT molecular complexity index is 429. The molecule has 1 aromatic rings. The van der Waals surface area contributed by atoms with Crippen LogP contribution < -0.4 is 5.32 Å². The summed E-state index contributed by atoms with van der Waals surface area (Å²) in [5, 5.41) is 2.23. The maximum absolute atomic E-state index is 12.7. The zero-order valence-electron chi connectivity index (χ0n) is 8.83. The van der Waals surface area contributed by atoms with Crippen LogP contribution in [0.4, 0.5) is 19.0 Å². The number of nitrogens with one attached hydrogen (secondary N) is 1. The van der Waals surface area contributed by atoms with Crippen molar-refractivity contribution in [1.82, 2.24) is 9.97 Å². The molecule has 1 atom stereocenters. The van der Waals surface area contributed by atoms with Gasteiger partial charge in [0.2, 0.25) is 0 Å². The van der Waals surface area contributed by atoms with Crippen LogP contribution in [0.25, 0.3) is 0 Å². The molecule has 0 radical (unpaired) electrons. The quantitative estimate of drug-likeness (QED) is 0.807. The third-order valence-electron chi connectivity index (χ3n) is 2.19. The molecule has 6 heteroatoms. The molecule has 3 nitrogen and oxygen atoms in total. The molecule has 0 bridgehead atoms. The summed E-state index contributed by atoms with van der Waals surface area (Å²) in [6.45, 7) is 0. The van der Waals surface area contributed by atoms with Crippen LogP contribution in [0.2, 0.25) is 0 Å². The van der Waals surface area contributed by atoms with Crippen LogP contribution in [0.5, 0.6) is 0 Å². The number of halogens is 3. The van der Waals surface area contributed by atoms with Crippen LogP contribution in [0.1, 0.15) is 12.8 Å². The van der Waals surface area contributed by atoms with Gasteiger partial charge in [0, 0.05) is 18.3 Å². The van der Waals surface area contributed by atoms with Gasteiger partial charge in [-0.2, -0.15) is 13.2 Å². The molecule has 0 spiro atoms. The molecule has 0 aromatic carbocycles. The molecule has 1 saturated carbocycles. The highest BCUT2D eigenvalue weighted by molar-refractivity contribution is 5.36. The Kier molecular flexibility index (Phi) is 3.18. The van der Waals surface area contributed by atoms with Crippen molar-refractivity contribution in [1.29, 1.82) is 0 Å². The Labute approximate surface area is 96.5 Å². The Balaban J connectivity index is 2.09. The highest BCUT2D eigenvalue weighted by Gasteiger charge is 2.39. The summed E-state index contributed by atoms with van der Waals surface area (Å²) in [6.07, 6.45) is 1.32. The first kappa shape index (κ1) is 11.7. The first-order valence-corrected chi connectivity index (χ1v) is 5.16. The van der Waals surface area contributed by atoms with Gasteiger partial charge in [0.05, 0.1) is 6.20 Å². The van der Waals surface area contributed by atoms with Crippen molar-refractivity contribution >= 4 is 5.82 Å². The van der Waals surface area contributed by atoms with E-state index in [1.54, 1.807) is 0 Å². The number of rotatable bonds is 2. The molecule has 1 N–H and O–H groups in total. The number of aromatic nitrogens is 2. The Morgan fingerprint density at radius 2 is 2.12 bits per heavy atom. The van der Waals surface area contributed by atoms with E-state index in [4.69, 9.17) is 0 Å². The minimum Gasteiger partial charge on any atom is -0.348 e. The predicted molar refractivity (Wildman–Crippen MR) is 56.0 cm³/mol. The van der Waals surface area contributed by atoms with Gasteiger partial charge in [-0.15, -0.1) is 0 Å². The Hall–Kier alpha value is -1.77. The van der Waals surface area contributed by atoms with Gasteiger partial charge in [0.1, 0.15) is 5.82 Å². The zero-order valence-corrected chi connectivity index (χ0v) is 8.83. The molecule has 0 saturated heterocycles. The van der Waals surface area contributed by atoms with E-state index in [1.807, 2.05) is 0 Å². The van der Waals surface area contributed by atoms with Crippen molar-refractivity contribution in [2.75, 3.05) is 5.32 Å². The lowest BCUT2D eigenvalue weighted by Crippen LogP contribution is -2.35. The molecule has 1 fully saturated rings. The van der Waals surface area contributed by atoms with Crippen LogP contribution in [-0.4, -0.2) is 22.2 Å². The molecule has 1 aliphatic carbocycles. The van der Waals surface area contributed by atoms with Crippen molar-refractivity contribution in [3.05, 3.63) is 18.6 Å². The van der Waals surface area contributed by atoms with Crippen LogP contribution in [0.15, 0.2) is 18.6 Å². The lowest BCUT2D eigenvalue weighted by molar-refractivity contribution is -0.130. The molecule has 90 valence electrons. The summed E-state index contributed by atoms with van der Waals surface area (Å²) in [5.41, 5.74) is 0. The molecule has 1 unspecified atom stereocenters. The van der Waals surface area contributed by atoms with E-state index in [2.05, 4.69) is 27.1 Å². The standard InChI is InChI=1S/C11H10F3N3/c12-11(13,14)9(4-3-8-1-2-8)17-10-7-15-5-6-16-10/h5-9H,1-2H2,(H,16,17). The number of nitrogens with zero attached hydrogens (tertiary/aromatic N) is 2. The molecule has 0 aliphatic heterocycles. The third-order valence-corrected chi connectivity index (χ3v) is 2.19. The average Bonchev–Trinajstić information content (AvgIpc) is 3.08. The topological polar surface area (TPSA) is 37.8 Å². The van der Waals surface area contributed by atoms with E-state index in [0.717, 1.165) is 12.8 Å². The molecule has 17 heavy (non-hydrogen) atoms. The zero-order chi connectivity index (χ0) is 12.3. The number of alkyl halides is 3. The summed E-state index contributed by atoms with van der Waals surface area (Å²) in [4.78, 5) is 7.42. The van der Waals surface area contributed by atoms with Gasteiger partial charge in [-0.05, 0) is 12.8 Å². The van der Waals surface area contributed by atoms with Gasteiger partial charge in [0.15, 0.2) is 6.04 Å². The third kappa shape index (κ3) is 3.63. The summed E-state index contributed by atoms with van der Waals surface area (Å²) in [6, 6.07) is -1.89. The largest absolute Gasteiger partial charge is 0.420 e. The highest BCUT2D eigenvalue weighted by atomic mass is 19.4. The predicted octanol–water partition coefficient (Wildman–Crippen LogP) is 2.23. The molecule has 1 aromatic heterocycles. The molecular formula is C11H10F3N3. The minimum absolute atomic E-state index is 0.0694. The maximum atomic E-state index is 12.7. The summed E-state index contributed by atoms with van der Waals surface area (Å²) in [5.74, 6) is 5.02. The molecule has 0 amide bonds. The summed E-state index contributed by atoms with van der Waals surface area (Å²) < 4.78 is 38.0. The Morgan fingerprint density at radius 1 is 1.35 bits per heavy atom. The average molecular weight is 241 g/mol. The van der Waals surface area contributed by atoms with Crippen molar-refractivity contribution in [3.8, 4) is 11.8 Å². The number of hydrogen-bond acceptors (Lipinski definition) is 3. The maximum Gasteiger partial charge on any atom is 0.420 e. The lowest BCUT2D eigenvalue weighted by Gasteiger charge is -2.16. The number of anilines is 1. The van der Waals surface area contributed by atoms with E-state index in [9.17, 15) is 13.2 Å². The molecule has 1 heterocycles. The number of hydrogen-bond donors (Lipinski definition) is 1. The monoisotopic (exact) mass is 241 g/mol. The van der Waals surface area contributed by atoms with E-state index in [1.165, 1.54) is 18.6 Å². The van der Waals surface area contributed by atoms with Gasteiger partial charge < -0.3 is 5.32 Å². The van der Waals surface area contributed by atoms with Crippen molar-refractivity contribution in [2.45, 2.75) is 25.1 Å². The van der Waals surface area contributed by atoms with Crippen LogP contribution in [-0.2, 0) is 0 Å². The fourth-order valence-electron chi connectivity index (χ4n) is 1.15. The lowest BCUT2D eigenvalue weighted by atomic mass is 10.2. The molecular weight excluding hydrogens is 231 g/mol. The molecule has 1 aliphatic rings. The van der Waals surface area contributed by atoms with Crippen LogP contribution in [0.3, 0.4) is 0 Å². The smallest absolute Gasteiger partial charge is 0.348 e. The Morgan fingerprint density at radius 3 is 2.65 bits per heavy atom. The van der Waals surface area contributed by atoms with E-state index in [0.29, 0.717) is 0 Å². The van der Waals surface area contributed by atoms with Gasteiger partial charge in [-0.1, -0.05) is 11.8 Å². The second-order valence-corrected chi connectivity index (χ2v) is 3.77. The van der Waals surface area contributed by atoms with E-state index < -0.39 is 12.2 Å². The van der Waals surface area contributed by atoms with Crippen LogP contribution in [0, 0.1) is 17.8 Å². The molecule has 2 rings (SSSR count). The normalized spacial score (nSPS) is 16.9. The second-order valence-electron chi connectivity index (χ2n) is 3.77. The SMILES string of the molecule is FC(F)(F)C(C#CC1CC1)Nc1cnccn1. The fourth-order valence-corrected chi connectivity index (χ4v) is 1.15. The highest BCUT2D eigenvalue weighted by Crippen LogP contribution is 2.28. The minimum atomic E-state index is -4.42. The van der Waals surface area contributed by atoms with Crippen LogP contribution >= 0.6 is 0 Å². The summed E-state index contributed by atoms with van der Waals surface area (Å²) in [7, 11) is 0. The van der Waals surface area contributed by atoms with Crippen molar-refractivity contribution in [2.24, 2.45) is 5.92 Å². The van der Waals surface area contributed by atoms with E-state index >= 15 is 0 Å². The van der Waals surface area contributed by atoms with Gasteiger partial charge in [-0.3, -0.25) is 4.98 Å². The van der Waals surface area contributed by atoms with Gasteiger partial charge >= 0.3 is 6.18 Å². The fraction of sp³-hybridized carbons (Fsp3) is 0.455. The van der Waals surface area contributed by atoms with Crippen molar-refractivity contribution in [3.63, 3.8) is 0 Å². The van der Waals surface area contributed by atoms with Crippen molar-refractivity contribution < 1.29 is 13.2 Å². The summed E-state index contributed by atoms with van der Waals surface area (Å²) >= 11 is 0. The first-order valence-electron chi connectivity index (χ1n) is 5.16. The second kappa shape index (κ2) is 4.62.